The van der Waals surface area contributed by atoms with E-state index in [0.29, 0.717) is 31.2 Å². The fourth-order valence-corrected chi connectivity index (χ4v) is 5.50. The zero-order valence-electron chi connectivity index (χ0n) is 17.0. The Bertz CT molecular complexity index is 970. The van der Waals surface area contributed by atoms with E-state index in [0.717, 1.165) is 16.9 Å². The number of halogens is 1. The third-order valence-electron chi connectivity index (χ3n) is 5.39. The van der Waals surface area contributed by atoms with Crippen molar-refractivity contribution in [1.29, 1.82) is 0 Å². The van der Waals surface area contributed by atoms with E-state index < -0.39 is 21.9 Å². The zero-order valence-corrected chi connectivity index (χ0v) is 18.6. The summed E-state index contributed by atoms with van der Waals surface area (Å²) < 4.78 is 26.8. The van der Waals surface area contributed by atoms with E-state index in [1.165, 1.54) is 4.31 Å². The molecule has 0 spiro atoms. The monoisotopic (exact) mass is 451 g/mol. The van der Waals surface area contributed by atoms with E-state index in [1.54, 1.807) is 20.0 Å². The van der Waals surface area contributed by atoms with Crippen molar-refractivity contribution >= 4 is 33.4 Å². The molecule has 1 aliphatic rings. The Labute approximate surface area is 182 Å². The fourth-order valence-electron chi connectivity index (χ4n) is 3.46. The van der Waals surface area contributed by atoms with Gasteiger partial charge in [-0.3, -0.25) is 4.79 Å². The number of carboxylic acid groups (broad SMARTS) is 1. The van der Waals surface area contributed by atoms with E-state index in [4.69, 9.17) is 11.6 Å². The standard InChI is InChI=1S/C21H26ClN3O4S/c1-15(2)19(21(26)27)14-30(28,29)25-11-9-24(10-12-25)20-8-5-17(13-23-20)16-3-6-18(22)7-4-16/h3-8,13,15,19H,9-12,14H2,1-2H3,(H,26,27)/t19-/m1/s1. The van der Waals surface area contributed by atoms with Gasteiger partial charge in [0.25, 0.3) is 0 Å². The lowest BCUT2D eigenvalue weighted by Gasteiger charge is -2.35. The van der Waals surface area contributed by atoms with Crippen LogP contribution in [0.15, 0.2) is 42.6 Å². The Hall–Kier alpha value is -2.16. The minimum atomic E-state index is -3.63. The third-order valence-corrected chi connectivity index (χ3v) is 7.58. The minimum absolute atomic E-state index is 0.248. The molecule has 1 atom stereocenters. The predicted molar refractivity (Wildman–Crippen MR) is 118 cm³/mol. The summed E-state index contributed by atoms with van der Waals surface area (Å²) in [5, 5.41) is 9.99. The van der Waals surface area contributed by atoms with Crippen molar-refractivity contribution in [3.05, 3.63) is 47.6 Å². The number of rotatable bonds is 7. The van der Waals surface area contributed by atoms with Crippen LogP contribution < -0.4 is 4.90 Å². The number of piperazine rings is 1. The Kier molecular flexibility index (Phi) is 7.00. The van der Waals surface area contributed by atoms with Gasteiger partial charge in [0.15, 0.2) is 0 Å². The summed E-state index contributed by atoms with van der Waals surface area (Å²) in [5.74, 6) is -1.81. The quantitative estimate of drug-likeness (QED) is 0.695. The Morgan fingerprint density at radius 3 is 2.17 bits per heavy atom. The first-order chi connectivity index (χ1) is 14.2. The van der Waals surface area contributed by atoms with Crippen LogP contribution in [0, 0.1) is 11.8 Å². The van der Waals surface area contributed by atoms with Gasteiger partial charge in [-0.25, -0.2) is 13.4 Å². The van der Waals surface area contributed by atoms with Crippen molar-refractivity contribution in [3.8, 4) is 11.1 Å². The number of pyridine rings is 1. The van der Waals surface area contributed by atoms with Gasteiger partial charge in [0.1, 0.15) is 5.82 Å². The van der Waals surface area contributed by atoms with Crippen LogP contribution in [0.2, 0.25) is 5.02 Å². The van der Waals surface area contributed by atoms with Gasteiger partial charge in [-0.15, -0.1) is 0 Å². The average molecular weight is 452 g/mol. The van der Waals surface area contributed by atoms with Crippen molar-refractivity contribution in [1.82, 2.24) is 9.29 Å². The van der Waals surface area contributed by atoms with E-state index >= 15 is 0 Å². The molecule has 1 saturated heterocycles. The molecule has 1 aromatic carbocycles. The Morgan fingerprint density at radius 2 is 1.67 bits per heavy atom. The molecule has 0 radical (unpaired) electrons. The van der Waals surface area contributed by atoms with Crippen molar-refractivity contribution < 1.29 is 18.3 Å². The highest BCUT2D eigenvalue weighted by Gasteiger charge is 2.33. The number of carboxylic acids is 1. The number of anilines is 1. The molecular weight excluding hydrogens is 426 g/mol. The molecule has 0 saturated carbocycles. The summed E-state index contributed by atoms with van der Waals surface area (Å²) in [4.78, 5) is 17.9. The van der Waals surface area contributed by atoms with Gasteiger partial charge in [0.05, 0.1) is 11.7 Å². The first-order valence-corrected chi connectivity index (χ1v) is 11.8. The van der Waals surface area contributed by atoms with Gasteiger partial charge in [0, 0.05) is 43.0 Å². The molecule has 0 unspecified atom stereocenters. The molecule has 1 aliphatic heterocycles. The largest absolute Gasteiger partial charge is 0.481 e. The average Bonchev–Trinajstić information content (AvgIpc) is 2.72. The number of sulfonamides is 1. The summed E-state index contributed by atoms with van der Waals surface area (Å²) in [6, 6.07) is 11.4. The van der Waals surface area contributed by atoms with Gasteiger partial charge in [-0.1, -0.05) is 37.6 Å². The number of hydrogen-bond donors (Lipinski definition) is 1. The highest BCUT2D eigenvalue weighted by atomic mass is 35.5. The number of aromatic nitrogens is 1. The highest BCUT2D eigenvalue weighted by Crippen LogP contribution is 2.24. The fraction of sp³-hybridized carbons (Fsp3) is 0.429. The van der Waals surface area contributed by atoms with Crippen LogP contribution in [0.3, 0.4) is 0 Å². The van der Waals surface area contributed by atoms with Gasteiger partial charge < -0.3 is 10.0 Å². The Morgan fingerprint density at radius 1 is 1.07 bits per heavy atom. The van der Waals surface area contributed by atoms with Crippen LogP contribution in [0.4, 0.5) is 5.82 Å². The second-order valence-corrected chi connectivity index (χ2v) is 10.2. The molecule has 162 valence electrons. The molecule has 7 nitrogen and oxygen atoms in total. The van der Waals surface area contributed by atoms with E-state index in [1.807, 2.05) is 41.3 Å². The van der Waals surface area contributed by atoms with Gasteiger partial charge in [-0.2, -0.15) is 4.31 Å². The molecule has 0 bridgehead atoms. The second-order valence-electron chi connectivity index (χ2n) is 7.77. The Balaban J connectivity index is 1.62. The zero-order chi connectivity index (χ0) is 21.9. The summed E-state index contributed by atoms with van der Waals surface area (Å²) in [6.45, 7) is 5.09. The maximum absolute atomic E-state index is 12.7. The molecule has 1 N–H and O–H groups in total. The SMILES string of the molecule is CC(C)[C@@H](CS(=O)(=O)N1CCN(c2ccc(-c3ccc(Cl)cc3)cn2)CC1)C(=O)O. The van der Waals surface area contributed by atoms with Gasteiger partial charge in [0.2, 0.25) is 10.0 Å². The normalized spacial score (nSPS) is 16.6. The molecule has 3 rings (SSSR count). The molecule has 0 aliphatic carbocycles. The second kappa shape index (κ2) is 9.32. The lowest BCUT2D eigenvalue weighted by Crippen LogP contribution is -2.50. The molecule has 0 amide bonds. The van der Waals surface area contributed by atoms with Crippen LogP contribution >= 0.6 is 11.6 Å². The third kappa shape index (κ3) is 5.30. The summed E-state index contributed by atoms with van der Waals surface area (Å²) >= 11 is 5.93. The number of carbonyl (C=O) groups is 1. The van der Waals surface area contributed by atoms with E-state index in [2.05, 4.69) is 4.98 Å². The van der Waals surface area contributed by atoms with Crippen molar-refractivity contribution in [2.24, 2.45) is 11.8 Å². The topological polar surface area (TPSA) is 90.8 Å². The smallest absolute Gasteiger partial charge is 0.307 e. The number of hydrogen-bond acceptors (Lipinski definition) is 5. The molecular formula is C21H26ClN3O4S. The van der Waals surface area contributed by atoms with Crippen LogP contribution in [0.25, 0.3) is 11.1 Å². The lowest BCUT2D eigenvalue weighted by molar-refractivity contribution is -0.142. The first-order valence-electron chi connectivity index (χ1n) is 9.85. The first kappa shape index (κ1) is 22.5. The van der Waals surface area contributed by atoms with Crippen molar-refractivity contribution in [2.45, 2.75) is 13.8 Å². The molecule has 1 fully saturated rings. The van der Waals surface area contributed by atoms with E-state index in [9.17, 15) is 18.3 Å². The highest BCUT2D eigenvalue weighted by molar-refractivity contribution is 7.89. The van der Waals surface area contributed by atoms with E-state index in [-0.39, 0.29) is 11.7 Å². The lowest BCUT2D eigenvalue weighted by atomic mass is 9.98. The number of nitrogens with zero attached hydrogens (tertiary/aromatic N) is 3. The molecule has 30 heavy (non-hydrogen) atoms. The maximum atomic E-state index is 12.7. The summed E-state index contributed by atoms with van der Waals surface area (Å²) in [6.07, 6.45) is 1.79. The minimum Gasteiger partial charge on any atom is -0.481 e. The van der Waals surface area contributed by atoms with Crippen LogP contribution in [0.5, 0.6) is 0 Å². The molecule has 2 aromatic rings. The summed E-state index contributed by atoms with van der Waals surface area (Å²) in [5.41, 5.74) is 2.00. The molecule has 2 heterocycles. The van der Waals surface area contributed by atoms with Crippen LogP contribution in [0.1, 0.15) is 13.8 Å². The summed E-state index contributed by atoms with van der Waals surface area (Å²) in [7, 11) is -3.63. The van der Waals surface area contributed by atoms with Crippen molar-refractivity contribution in [3.63, 3.8) is 0 Å². The van der Waals surface area contributed by atoms with Gasteiger partial charge >= 0.3 is 5.97 Å². The van der Waals surface area contributed by atoms with Crippen LogP contribution in [-0.4, -0.2) is 60.7 Å². The molecule has 1 aromatic heterocycles. The molecule has 9 heteroatoms. The maximum Gasteiger partial charge on any atom is 0.307 e. The van der Waals surface area contributed by atoms with Gasteiger partial charge in [-0.05, 0) is 35.7 Å². The number of benzene rings is 1. The van der Waals surface area contributed by atoms with Crippen molar-refractivity contribution in [2.75, 3.05) is 36.8 Å². The van der Waals surface area contributed by atoms with Crippen LogP contribution in [-0.2, 0) is 14.8 Å². The predicted octanol–water partition coefficient (Wildman–Crippen LogP) is 3.21. The number of aliphatic carboxylic acids is 1.